The highest BCUT2D eigenvalue weighted by Crippen LogP contribution is 2.44. The van der Waals surface area contributed by atoms with Gasteiger partial charge in [0.1, 0.15) is 6.10 Å². The lowest BCUT2D eigenvalue weighted by molar-refractivity contribution is -0.0199. The SMILES string of the molecule is Cc1cccc(C)c1-c1cc2nc(n1)NS(=O)(=O)c1cccc(c1)C1CC3CCCN(C)C3[C@@H](C1)O2. The number of rotatable bonds is 1. The number of likely N-dealkylation sites (tertiary alicyclic amines) is 1. The fraction of sp³-hybridized carbons (Fsp3) is 0.429. The van der Waals surface area contributed by atoms with Gasteiger partial charge in [0, 0.05) is 17.7 Å². The summed E-state index contributed by atoms with van der Waals surface area (Å²) in [6.07, 6.45) is 4.14. The minimum absolute atomic E-state index is 0.0250. The maximum Gasteiger partial charge on any atom is 0.264 e. The van der Waals surface area contributed by atoms with Crippen LogP contribution < -0.4 is 9.46 Å². The van der Waals surface area contributed by atoms with Gasteiger partial charge in [-0.15, -0.1) is 0 Å². The van der Waals surface area contributed by atoms with Crippen LogP contribution in [0.25, 0.3) is 11.3 Å². The van der Waals surface area contributed by atoms with Crippen LogP contribution in [0.3, 0.4) is 0 Å². The Morgan fingerprint density at radius 3 is 2.61 bits per heavy atom. The zero-order chi connectivity index (χ0) is 25.0. The van der Waals surface area contributed by atoms with Crippen molar-refractivity contribution in [1.82, 2.24) is 14.9 Å². The molecule has 1 saturated carbocycles. The summed E-state index contributed by atoms with van der Waals surface area (Å²) in [4.78, 5) is 11.9. The molecule has 3 heterocycles. The van der Waals surface area contributed by atoms with Crippen molar-refractivity contribution in [3.05, 3.63) is 65.2 Å². The van der Waals surface area contributed by atoms with E-state index in [0.717, 1.165) is 48.1 Å². The molecule has 1 saturated heterocycles. The van der Waals surface area contributed by atoms with Gasteiger partial charge in [-0.1, -0.05) is 30.3 Å². The summed E-state index contributed by atoms with van der Waals surface area (Å²) in [5.41, 5.74) is 4.80. The van der Waals surface area contributed by atoms with Gasteiger partial charge in [-0.2, -0.15) is 4.98 Å². The van der Waals surface area contributed by atoms with E-state index in [0.29, 0.717) is 23.5 Å². The first-order valence-corrected chi connectivity index (χ1v) is 14.2. The fourth-order valence-electron chi connectivity index (χ4n) is 6.55. The number of aromatic nitrogens is 2. The Labute approximate surface area is 213 Å². The van der Waals surface area contributed by atoms with Crippen molar-refractivity contribution in [3.8, 4) is 17.1 Å². The average molecular weight is 505 g/mol. The van der Waals surface area contributed by atoms with Gasteiger partial charge in [-0.05, 0) is 93.8 Å². The van der Waals surface area contributed by atoms with Gasteiger partial charge in [0.05, 0.1) is 10.6 Å². The molecule has 0 spiro atoms. The Morgan fingerprint density at radius 1 is 1.03 bits per heavy atom. The Hall–Kier alpha value is -2.97. The highest BCUT2D eigenvalue weighted by atomic mass is 32.2. The second-order valence-electron chi connectivity index (χ2n) is 10.6. The molecule has 0 radical (unpaired) electrons. The van der Waals surface area contributed by atoms with E-state index in [1.807, 2.05) is 56.3 Å². The van der Waals surface area contributed by atoms with E-state index < -0.39 is 10.0 Å². The van der Waals surface area contributed by atoms with Gasteiger partial charge in [0.25, 0.3) is 10.0 Å². The quantitative estimate of drug-likeness (QED) is 0.507. The number of aryl methyl sites for hydroxylation is 2. The Bertz CT molecular complexity index is 1400. The number of piperidine rings is 1. The maximum atomic E-state index is 13.4. The largest absolute Gasteiger partial charge is 0.473 e. The van der Waals surface area contributed by atoms with Crippen LogP contribution in [0.15, 0.2) is 53.4 Å². The van der Waals surface area contributed by atoms with E-state index >= 15 is 0 Å². The molecule has 1 N–H and O–H groups in total. The van der Waals surface area contributed by atoms with E-state index in [1.54, 1.807) is 6.07 Å². The molecule has 6 bridgehead atoms. The number of benzene rings is 2. The van der Waals surface area contributed by atoms with E-state index in [1.165, 1.54) is 6.42 Å². The summed E-state index contributed by atoms with van der Waals surface area (Å²) in [6, 6.07) is 15.6. The molecule has 188 valence electrons. The standard InChI is InChI=1S/C28H32N4O3S/c1-17-7-4-8-18(2)26(17)23-16-25-30-28(29-23)31-36(33,34)22-11-5-9-19(14-22)21-13-20-10-6-12-32(3)27(20)24(15-21)35-25/h4-5,7-9,11,14,16,20-21,24,27H,6,10,12-13,15H2,1-3H3,(H,29,30,31)/t20?,21?,24-,27?/m1/s1. The number of hydrogen-bond donors (Lipinski definition) is 1. The smallest absolute Gasteiger partial charge is 0.264 e. The molecule has 1 aliphatic carbocycles. The van der Waals surface area contributed by atoms with E-state index in [4.69, 9.17) is 4.74 Å². The topological polar surface area (TPSA) is 84.4 Å². The van der Waals surface area contributed by atoms with Crippen molar-refractivity contribution < 1.29 is 13.2 Å². The van der Waals surface area contributed by atoms with Crippen molar-refractivity contribution in [3.63, 3.8) is 0 Å². The zero-order valence-electron chi connectivity index (χ0n) is 20.9. The molecule has 0 amide bonds. The number of fused-ring (bicyclic) bond motifs is 9. The molecule has 2 aromatic carbocycles. The molecule has 4 atom stereocenters. The number of hydrogen-bond acceptors (Lipinski definition) is 6. The number of nitrogens with zero attached hydrogens (tertiary/aromatic N) is 3. The number of sulfonamides is 1. The monoisotopic (exact) mass is 504 g/mol. The Morgan fingerprint density at radius 2 is 1.81 bits per heavy atom. The van der Waals surface area contributed by atoms with Crippen molar-refractivity contribution in [2.45, 2.75) is 62.5 Å². The summed E-state index contributed by atoms with van der Waals surface area (Å²) in [5, 5.41) is 0. The molecule has 1 aromatic heterocycles. The first-order valence-electron chi connectivity index (χ1n) is 12.7. The normalized spacial score (nSPS) is 27.0. The van der Waals surface area contributed by atoms with Crippen molar-refractivity contribution in [2.24, 2.45) is 5.92 Å². The fourth-order valence-corrected chi connectivity index (χ4v) is 7.54. The molecule has 7 nitrogen and oxygen atoms in total. The van der Waals surface area contributed by atoms with Crippen LogP contribution in [0.1, 0.15) is 48.3 Å². The molecule has 8 heteroatoms. The van der Waals surface area contributed by atoms with Gasteiger partial charge in [0.15, 0.2) is 0 Å². The lowest BCUT2D eigenvalue weighted by Gasteiger charge is -2.48. The van der Waals surface area contributed by atoms with E-state index in [9.17, 15) is 8.42 Å². The first-order chi connectivity index (χ1) is 17.3. The third-order valence-corrected chi connectivity index (χ3v) is 9.47. The van der Waals surface area contributed by atoms with Crippen molar-refractivity contribution >= 4 is 16.0 Å². The summed E-state index contributed by atoms with van der Waals surface area (Å²) < 4.78 is 36.1. The zero-order valence-corrected chi connectivity index (χ0v) is 21.8. The molecular weight excluding hydrogens is 472 g/mol. The van der Waals surface area contributed by atoms with Gasteiger partial charge in [-0.25, -0.2) is 18.1 Å². The van der Waals surface area contributed by atoms with Crippen LogP contribution in [0.5, 0.6) is 5.88 Å². The van der Waals surface area contributed by atoms with Gasteiger partial charge < -0.3 is 4.74 Å². The van der Waals surface area contributed by atoms with Gasteiger partial charge >= 0.3 is 0 Å². The third kappa shape index (κ3) is 4.16. The summed E-state index contributed by atoms with van der Waals surface area (Å²) in [7, 11) is -1.67. The van der Waals surface area contributed by atoms with E-state index in [2.05, 4.69) is 26.6 Å². The van der Waals surface area contributed by atoms with Crippen LogP contribution in [0.2, 0.25) is 0 Å². The lowest BCUT2D eigenvalue weighted by Crippen LogP contribution is -2.55. The summed E-state index contributed by atoms with van der Waals surface area (Å²) >= 11 is 0. The first kappa shape index (κ1) is 23.4. The molecule has 3 aliphatic rings. The molecule has 36 heavy (non-hydrogen) atoms. The molecule has 6 rings (SSSR count). The molecular formula is C28H32N4O3S. The van der Waals surface area contributed by atoms with Crippen LogP contribution >= 0.6 is 0 Å². The minimum Gasteiger partial charge on any atom is -0.473 e. The van der Waals surface area contributed by atoms with Gasteiger partial charge in [0.2, 0.25) is 11.8 Å². The Kier molecular flexibility index (Phi) is 5.76. The summed E-state index contributed by atoms with van der Waals surface area (Å²) in [6.45, 7) is 5.13. The van der Waals surface area contributed by atoms with Crippen molar-refractivity contribution in [1.29, 1.82) is 0 Å². The van der Waals surface area contributed by atoms with E-state index in [-0.39, 0.29) is 22.9 Å². The predicted molar refractivity (Wildman–Crippen MR) is 140 cm³/mol. The van der Waals surface area contributed by atoms with Crippen LogP contribution in [0.4, 0.5) is 5.95 Å². The second-order valence-corrected chi connectivity index (χ2v) is 12.2. The number of ether oxygens (including phenoxy) is 1. The molecule has 2 aliphatic heterocycles. The van der Waals surface area contributed by atoms with Crippen LogP contribution in [-0.2, 0) is 10.0 Å². The average Bonchev–Trinajstić information content (AvgIpc) is 2.83. The highest BCUT2D eigenvalue weighted by molar-refractivity contribution is 7.92. The molecule has 2 fully saturated rings. The predicted octanol–water partition coefficient (Wildman–Crippen LogP) is 4.91. The number of nitrogens with one attached hydrogen (secondary N) is 1. The lowest BCUT2D eigenvalue weighted by atomic mass is 9.70. The second kappa shape index (κ2) is 8.85. The highest BCUT2D eigenvalue weighted by Gasteiger charge is 2.44. The summed E-state index contributed by atoms with van der Waals surface area (Å²) in [5.74, 6) is 1.16. The number of likely N-dealkylation sites (N-methyl/N-ethyl adjacent to an activating group) is 1. The van der Waals surface area contributed by atoms with Crippen LogP contribution in [0, 0.1) is 19.8 Å². The molecule has 3 aromatic rings. The van der Waals surface area contributed by atoms with Crippen LogP contribution in [-0.4, -0.2) is 49.0 Å². The Balaban J connectivity index is 1.53. The minimum atomic E-state index is -3.86. The number of anilines is 1. The maximum absolute atomic E-state index is 13.4. The third-order valence-electron chi connectivity index (χ3n) is 8.14. The molecule has 3 unspecified atom stereocenters. The van der Waals surface area contributed by atoms with Crippen molar-refractivity contribution in [2.75, 3.05) is 18.3 Å². The van der Waals surface area contributed by atoms with Gasteiger partial charge in [-0.3, -0.25) is 4.90 Å².